The number of hydrogen-bond donors (Lipinski definition) is 1. The van der Waals surface area contributed by atoms with Crippen molar-refractivity contribution in [3.05, 3.63) is 52.0 Å². The quantitative estimate of drug-likeness (QED) is 0.884. The molecule has 1 aromatic carbocycles. The van der Waals surface area contributed by atoms with Gasteiger partial charge in [-0.2, -0.15) is 0 Å². The molecular weight excluding hydrogens is 273 g/mol. The Kier molecular flexibility index (Phi) is 4.78. The van der Waals surface area contributed by atoms with Crippen LogP contribution in [-0.4, -0.2) is 5.54 Å². The molecule has 2 nitrogen and oxygen atoms in total. The molecule has 0 atom stereocenters. The van der Waals surface area contributed by atoms with Crippen molar-refractivity contribution in [2.45, 2.75) is 39.5 Å². The van der Waals surface area contributed by atoms with E-state index in [0.717, 1.165) is 10.4 Å². The third-order valence-electron chi connectivity index (χ3n) is 2.77. The molecule has 4 heteroatoms. The molecular formula is C16H20FNOS. The average Bonchev–Trinajstić information content (AvgIpc) is 2.87. The number of ether oxygens (including phenoxy) is 1. The van der Waals surface area contributed by atoms with Gasteiger partial charge in [0.2, 0.25) is 0 Å². The van der Waals surface area contributed by atoms with Gasteiger partial charge in [-0.25, -0.2) is 4.39 Å². The summed E-state index contributed by atoms with van der Waals surface area (Å²) in [6.07, 6.45) is 0. The molecule has 1 aromatic heterocycles. The van der Waals surface area contributed by atoms with Crippen LogP contribution in [0.5, 0.6) is 5.75 Å². The molecule has 0 radical (unpaired) electrons. The molecule has 0 saturated carbocycles. The number of hydrogen-bond acceptors (Lipinski definition) is 3. The van der Waals surface area contributed by atoms with E-state index in [-0.39, 0.29) is 11.4 Å². The van der Waals surface area contributed by atoms with E-state index in [2.05, 4.69) is 26.1 Å². The zero-order valence-corrected chi connectivity index (χ0v) is 12.9. The highest BCUT2D eigenvalue weighted by Crippen LogP contribution is 2.21. The van der Waals surface area contributed by atoms with Crippen molar-refractivity contribution in [1.29, 1.82) is 0 Å². The van der Waals surface area contributed by atoms with Crippen LogP contribution in [-0.2, 0) is 13.2 Å². The van der Waals surface area contributed by atoms with E-state index in [1.165, 1.54) is 6.07 Å². The maximum absolute atomic E-state index is 13.9. The van der Waals surface area contributed by atoms with E-state index in [4.69, 9.17) is 4.74 Å². The summed E-state index contributed by atoms with van der Waals surface area (Å²) in [7, 11) is 0. The summed E-state index contributed by atoms with van der Waals surface area (Å²) in [5.74, 6) is -0.00678. The lowest BCUT2D eigenvalue weighted by molar-refractivity contribution is 0.293. The van der Waals surface area contributed by atoms with E-state index < -0.39 is 0 Å². The van der Waals surface area contributed by atoms with Gasteiger partial charge in [0, 0.05) is 17.0 Å². The number of thiophene rings is 1. The first-order valence-corrected chi connectivity index (χ1v) is 7.51. The van der Waals surface area contributed by atoms with Crippen molar-refractivity contribution in [3.8, 4) is 5.75 Å². The molecule has 0 saturated heterocycles. The molecule has 108 valence electrons. The summed E-state index contributed by atoms with van der Waals surface area (Å²) < 4.78 is 19.4. The molecule has 0 unspecified atom stereocenters. The Balaban J connectivity index is 1.95. The average molecular weight is 293 g/mol. The SMILES string of the molecule is CC(C)(C)NCc1ccc(OCc2cccs2)c(F)c1. The fraction of sp³-hybridized carbons (Fsp3) is 0.375. The summed E-state index contributed by atoms with van der Waals surface area (Å²) in [6, 6.07) is 9.06. The van der Waals surface area contributed by atoms with Crippen molar-refractivity contribution in [3.63, 3.8) is 0 Å². The van der Waals surface area contributed by atoms with Crippen LogP contribution in [0.4, 0.5) is 4.39 Å². The Morgan fingerprint density at radius 3 is 2.65 bits per heavy atom. The lowest BCUT2D eigenvalue weighted by Crippen LogP contribution is -2.35. The van der Waals surface area contributed by atoms with Gasteiger partial charge >= 0.3 is 0 Å². The summed E-state index contributed by atoms with van der Waals surface area (Å²) >= 11 is 1.60. The number of halogens is 1. The van der Waals surface area contributed by atoms with Crippen LogP contribution >= 0.6 is 11.3 Å². The highest BCUT2D eigenvalue weighted by molar-refractivity contribution is 7.09. The minimum absolute atomic E-state index is 0.0187. The van der Waals surface area contributed by atoms with Gasteiger partial charge < -0.3 is 10.1 Å². The molecule has 20 heavy (non-hydrogen) atoms. The van der Waals surface area contributed by atoms with Crippen molar-refractivity contribution in [2.75, 3.05) is 0 Å². The van der Waals surface area contributed by atoms with Crippen LogP contribution < -0.4 is 10.1 Å². The van der Waals surface area contributed by atoms with E-state index in [9.17, 15) is 4.39 Å². The predicted octanol–water partition coefficient (Wildman–Crippen LogP) is 4.35. The summed E-state index contributed by atoms with van der Waals surface area (Å²) in [5.41, 5.74) is 0.936. The largest absolute Gasteiger partial charge is 0.485 e. The van der Waals surface area contributed by atoms with Gasteiger partial charge in [-0.15, -0.1) is 11.3 Å². The van der Waals surface area contributed by atoms with E-state index in [0.29, 0.717) is 18.9 Å². The Bertz CT molecular complexity index is 546. The molecule has 2 aromatic rings. The van der Waals surface area contributed by atoms with E-state index in [1.54, 1.807) is 17.4 Å². The van der Waals surface area contributed by atoms with Crippen LogP contribution in [0.25, 0.3) is 0 Å². The lowest BCUT2D eigenvalue weighted by atomic mass is 10.1. The topological polar surface area (TPSA) is 21.3 Å². The van der Waals surface area contributed by atoms with Crippen molar-refractivity contribution in [2.24, 2.45) is 0 Å². The highest BCUT2D eigenvalue weighted by atomic mass is 32.1. The van der Waals surface area contributed by atoms with Gasteiger partial charge in [0.05, 0.1) is 0 Å². The first kappa shape index (κ1) is 15.0. The second-order valence-corrected chi connectivity index (χ2v) is 6.77. The van der Waals surface area contributed by atoms with Gasteiger partial charge in [-0.05, 0) is 49.9 Å². The Morgan fingerprint density at radius 1 is 1.25 bits per heavy atom. The molecule has 0 aliphatic rings. The van der Waals surface area contributed by atoms with Gasteiger partial charge in [0.1, 0.15) is 6.61 Å². The number of benzene rings is 1. The molecule has 2 rings (SSSR count). The zero-order valence-electron chi connectivity index (χ0n) is 12.1. The third kappa shape index (κ3) is 4.62. The number of rotatable bonds is 5. The van der Waals surface area contributed by atoms with E-state index in [1.807, 2.05) is 23.6 Å². The normalized spacial score (nSPS) is 11.6. The van der Waals surface area contributed by atoms with Crippen LogP contribution in [0.3, 0.4) is 0 Å². The van der Waals surface area contributed by atoms with Crippen LogP contribution in [0.15, 0.2) is 35.7 Å². The van der Waals surface area contributed by atoms with Gasteiger partial charge in [-0.3, -0.25) is 0 Å². The maximum Gasteiger partial charge on any atom is 0.165 e. The Hall–Kier alpha value is -1.39. The monoisotopic (exact) mass is 293 g/mol. The van der Waals surface area contributed by atoms with Crippen molar-refractivity contribution < 1.29 is 9.13 Å². The molecule has 0 aliphatic carbocycles. The van der Waals surface area contributed by atoms with E-state index >= 15 is 0 Å². The van der Waals surface area contributed by atoms with Gasteiger partial charge in [0.25, 0.3) is 0 Å². The maximum atomic E-state index is 13.9. The lowest BCUT2D eigenvalue weighted by Gasteiger charge is -2.20. The molecule has 0 aliphatic heterocycles. The molecule has 0 bridgehead atoms. The number of nitrogens with one attached hydrogen (secondary N) is 1. The minimum Gasteiger partial charge on any atom is -0.485 e. The summed E-state index contributed by atoms with van der Waals surface area (Å²) in [6.45, 7) is 7.31. The third-order valence-corrected chi connectivity index (χ3v) is 3.62. The Morgan fingerprint density at radius 2 is 2.05 bits per heavy atom. The first-order chi connectivity index (χ1) is 9.44. The molecule has 1 heterocycles. The summed E-state index contributed by atoms with van der Waals surface area (Å²) in [4.78, 5) is 1.09. The summed E-state index contributed by atoms with van der Waals surface area (Å²) in [5, 5.41) is 5.32. The predicted molar refractivity (Wildman–Crippen MR) is 81.6 cm³/mol. The fourth-order valence-electron chi connectivity index (χ4n) is 1.68. The van der Waals surface area contributed by atoms with Crippen LogP contribution in [0.1, 0.15) is 31.2 Å². The van der Waals surface area contributed by atoms with Gasteiger partial charge in [0.15, 0.2) is 11.6 Å². The fourth-order valence-corrected chi connectivity index (χ4v) is 2.30. The Labute approximate surface area is 123 Å². The highest BCUT2D eigenvalue weighted by Gasteiger charge is 2.10. The standard InChI is InChI=1S/C16H20FNOS/c1-16(2,3)18-10-12-6-7-15(14(17)9-12)19-11-13-5-4-8-20-13/h4-9,18H,10-11H2,1-3H3. The smallest absolute Gasteiger partial charge is 0.165 e. The zero-order chi connectivity index (χ0) is 14.6. The second-order valence-electron chi connectivity index (χ2n) is 5.74. The molecule has 1 N–H and O–H groups in total. The van der Waals surface area contributed by atoms with Crippen LogP contribution in [0.2, 0.25) is 0 Å². The van der Waals surface area contributed by atoms with Crippen LogP contribution in [0, 0.1) is 5.82 Å². The second kappa shape index (κ2) is 6.37. The molecule has 0 amide bonds. The minimum atomic E-state index is -0.310. The molecule has 0 spiro atoms. The first-order valence-electron chi connectivity index (χ1n) is 6.63. The molecule has 0 fully saturated rings. The van der Waals surface area contributed by atoms with Gasteiger partial charge in [-0.1, -0.05) is 12.1 Å². The van der Waals surface area contributed by atoms with Crippen molar-refractivity contribution >= 4 is 11.3 Å². The van der Waals surface area contributed by atoms with Crippen molar-refractivity contribution in [1.82, 2.24) is 5.32 Å².